The predicted molar refractivity (Wildman–Crippen MR) is 117 cm³/mol. The van der Waals surface area contributed by atoms with Crippen LogP contribution >= 0.6 is 11.3 Å². The molecule has 0 aliphatic carbocycles. The Balaban J connectivity index is 1.71. The summed E-state index contributed by atoms with van der Waals surface area (Å²) in [5.41, 5.74) is -2.37. The Kier molecular flexibility index (Phi) is 6.43. The lowest BCUT2D eigenvalue weighted by atomic mass is 9.92. The number of thiophene rings is 1. The molecule has 0 unspecified atom stereocenters. The number of unbranched alkanes of at least 4 members (excludes halogenated alkanes) is 2. The van der Waals surface area contributed by atoms with Crippen LogP contribution in [-0.4, -0.2) is 29.4 Å². The van der Waals surface area contributed by atoms with Crippen LogP contribution in [0.15, 0.2) is 48.0 Å². The Hall–Kier alpha value is -2.98. The highest BCUT2D eigenvalue weighted by Gasteiger charge is 2.34. The first kappa shape index (κ1) is 22.2. The summed E-state index contributed by atoms with van der Waals surface area (Å²) in [5.74, 6) is -1.67. The summed E-state index contributed by atoms with van der Waals surface area (Å²) >= 11 is 1.48. The normalized spacial score (nSPS) is 13.5. The van der Waals surface area contributed by atoms with Crippen LogP contribution in [-0.2, 0) is 25.1 Å². The lowest BCUT2D eigenvalue weighted by Crippen LogP contribution is -2.40. The SMILES string of the molecule is CCCCCc1cc2c(=O)n(C[C@@](O)(Cn3cncn3)c3ccc(F)cc3F)cnc2s1. The second-order valence-electron chi connectivity index (χ2n) is 7.82. The van der Waals surface area contributed by atoms with Gasteiger partial charge in [-0.05, 0) is 25.0 Å². The van der Waals surface area contributed by atoms with Gasteiger partial charge in [-0.2, -0.15) is 5.10 Å². The number of fused-ring (bicyclic) bond motifs is 1. The summed E-state index contributed by atoms with van der Waals surface area (Å²) in [5, 5.41) is 15.9. The molecule has 0 radical (unpaired) electrons. The second kappa shape index (κ2) is 9.25. The minimum Gasteiger partial charge on any atom is -0.381 e. The molecule has 0 aliphatic heterocycles. The number of aryl methyl sites for hydroxylation is 1. The lowest BCUT2D eigenvalue weighted by Gasteiger charge is -2.29. The molecule has 7 nitrogen and oxygen atoms in total. The zero-order valence-corrected chi connectivity index (χ0v) is 18.4. The quantitative estimate of drug-likeness (QED) is 0.386. The summed E-state index contributed by atoms with van der Waals surface area (Å²) in [4.78, 5) is 23.1. The summed E-state index contributed by atoms with van der Waals surface area (Å²) < 4.78 is 30.7. The van der Waals surface area contributed by atoms with Gasteiger partial charge < -0.3 is 5.11 Å². The molecule has 3 heterocycles. The first-order valence-electron chi connectivity index (χ1n) is 10.4. The van der Waals surface area contributed by atoms with Gasteiger partial charge >= 0.3 is 0 Å². The molecule has 0 spiro atoms. The lowest BCUT2D eigenvalue weighted by molar-refractivity contribution is -0.00640. The molecular weight excluding hydrogens is 436 g/mol. The topological polar surface area (TPSA) is 85.8 Å². The maximum absolute atomic E-state index is 14.6. The molecule has 1 aromatic carbocycles. The summed E-state index contributed by atoms with van der Waals surface area (Å²) in [6.45, 7) is 1.65. The third-order valence-corrected chi connectivity index (χ3v) is 6.45. The standard InChI is InChI=1S/C22H23F2N5O2S/c1-2-3-4-5-16-9-17-20(32-16)26-14-28(21(17)30)10-22(31,11-29-13-25-12-27-29)18-7-6-15(23)8-19(18)24/h6-9,12-14,31H,2-5,10-11H2,1H3/t22-/m1/s1. The van der Waals surface area contributed by atoms with Gasteiger partial charge in [-0.1, -0.05) is 25.8 Å². The van der Waals surface area contributed by atoms with Crippen LogP contribution in [0.25, 0.3) is 10.2 Å². The molecule has 4 aromatic rings. The zero-order valence-electron chi connectivity index (χ0n) is 17.5. The fourth-order valence-corrected chi connectivity index (χ4v) is 4.77. The molecule has 0 aliphatic rings. The zero-order chi connectivity index (χ0) is 22.7. The molecule has 3 aromatic heterocycles. The van der Waals surface area contributed by atoms with E-state index >= 15 is 0 Å². The maximum Gasteiger partial charge on any atom is 0.262 e. The van der Waals surface area contributed by atoms with Crippen molar-refractivity contribution in [3.63, 3.8) is 0 Å². The van der Waals surface area contributed by atoms with E-state index in [4.69, 9.17) is 0 Å². The number of rotatable bonds is 9. The van der Waals surface area contributed by atoms with Gasteiger partial charge in [0.2, 0.25) is 0 Å². The first-order valence-corrected chi connectivity index (χ1v) is 11.2. The largest absolute Gasteiger partial charge is 0.381 e. The van der Waals surface area contributed by atoms with Crippen molar-refractivity contribution >= 4 is 21.6 Å². The number of hydrogen-bond donors (Lipinski definition) is 1. The monoisotopic (exact) mass is 459 g/mol. The fraction of sp³-hybridized carbons (Fsp3) is 0.364. The summed E-state index contributed by atoms with van der Waals surface area (Å²) in [6.07, 6.45) is 8.16. The molecule has 0 fully saturated rings. The number of aromatic nitrogens is 5. The van der Waals surface area contributed by atoms with Gasteiger partial charge in [0.05, 0.1) is 24.8 Å². The van der Waals surface area contributed by atoms with Crippen molar-refractivity contribution < 1.29 is 13.9 Å². The van der Waals surface area contributed by atoms with Gasteiger partial charge in [0.1, 0.15) is 34.7 Å². The molecule has 0 saturated heterocycles. The number of hydrogen-bond acceptors (Lipinski definition) is 6. The number of nitrogens with zero attached hydrogens (tertiary/aromatic N) is 5. The molecule has 168 valence electrons. The second-order valence-corrected chi connectivity index (χ2v) is 8.93. The van der Waals surface area contributed by atoms with Crippen LogP contribution in [0.3, 0.4) is 0 Å². The molecule has 0 bridgehead atoms. The number of halogens is 2. The molecule has 1 N–H and O–H groups in total. The number of benzene rings is 1. The summed E-state index contributed by atoms with van der Waals surface area (Å²) in [6, 6.07) is 4.79. The Morgan fingerprint density at radius 1 is 1.16 bits per heavy atom. The Morgan fingerprint density at radius 3 is 2.72 bits per heavy atom. The maximum atomic E-state index is 14.6. The van der Waals surface area contributed by atoms with E-state index in [2.05, 4.69) is 22.0 Å². The van der Waals surface area contributed by atoms with E-state index in [1.807, 2.05) is 6.07 Å². The molecule has 10 heteroatoms. The smallest absolute Gasteiger partial charge is 0.262 e. The highest BCUT2D eigenvalue weighted by atomic mass is 32.1. The van der Waals surface area contributed by atoms with Gasteiger partial charge in [0.25, 0.3) is 5.56 Å². The molecular formula is C22H23F2N5O2S. The van der Waals surface area contributed by atoms with Crippen molar-refractivity contribution in [3.05, 3.63) is 75.7 Å². The van der Waals surface area contributed by atoms with Crippen molar-refractivity contribution in [1.29, 1.82) is 0 Å². The van der Waals surface area contributed by atoms with Crippen molar-refractivity contribution in [2.45, 2.75) is 51.3 Å². The molecule has 4 rings (SSSR count). The summed E-state index contributed by atoms with van der Waals surface area (Å²) in [7, 11) is 0. The van der Waals surface area contributed by atoms with E-state index in [1.165, 1.54) is 45.6 Å². The minimum absolute atomic E-state index is 0.146. The van der Waals surface area contributed by atoms with Crippen LogP contribution in [0.5, 0.6) is 0 Å². The Labute approximate surface area is 187 Å². The van der Waals surface area contributed by atoms with Gasteiger partial charge in [0, 0.05) is 16.5 Å². The van der Waals surface area contributed by atoms with Crippen LogP contribution < -0.4 is 5.56 Å². The van der Waals surface area contributed by atoms with Crippen molar-refractivity contribution in [1.82, 2.24) is 24.3 Å². The molecule has 0 saturated carbocycles. The van der Waals surface area contributed by atoms with Crippen LogP contribution in [0.2, 0.25) is 0 Å². The van der Waals surface area contributed by atoms with Crippen molar-refractivity contribution in [2.75, 3.05) is 0 Å². The highest BCUT2D eigenvalue weighted by Crippen LogP contribution is 2.29. The number of aliphatic hydroxyl groups is 1. The average Bonchev–Trinajstić information content (AvgIpc) is 3.40. The van der Waals surface area contributed by atoms with E-state index in [-0.39, 0.29) is 24.2 Å². The highest BCUT2D eigenvalue weighted by molar-refractivity contribution is 7.18. The van der Waals surface area contributed by atoms with E-state index in [9.17, 15) is 18.7 Å². The van der Waals surface area contributed by atoms with Gasteiger partial charge in [-0.25, -0.2) is 23.4 Å². The van der Waals surface area contributed by atoms with Gasteiger partial charge in [-0.15, -0.1) is 11.3 Å². The predicted octanol–water partition coefficient (Wildman–Crippen LogP) is 3.65. The third kappa shape index (κ3) is 4.61. The van der Waals surface area contributed by atoms with Crippen LogP contribution in [0, 0.1) is 11.6 Å². The Bertz CT molecular complexity index is 1270. The van der Waals surface area contributed by atoms with E-state index in [0.29, 0.717) is 16.3 Å². The van der Waals surface area contributed by atoms with E-state index < -0.39 is 17.2 Å². The van der Waals surface area contributed by atoms with E-state index in [1.54, 1.807) is 0 Å². The fourth-order valence-electron chi connectivity index (χ4n) is 3.75. The van der Waals surface area contributed by atoms with Gasteiger partial charge in [0.15, 0.2) is 0 Å². The van der Waals surface area contributed by atoms with E-state index in [0.717, 1.165) is 36.6 Å². The average molecular weight is 460 g/mol. The Morgan fingerprint density at radius 2 is 2.00 bits per heavy atom. The molecule has 32 heavy (non-hydrogen) atoms. The first-order chi connectivity index (χ1) is 15.4. The van der Waals surface area contributed by atoms with Crippen molar-refractivity contribution in [3.8, 4) is 0 Å². The molecule has 0 amide bonds. The molecule has 1 atom stereocenters. The van der Waals surface area contributed by atoms with Crippen molar-refractivity contribution in [2.24, 2.45) is 0 Å². The van der Waals surface area contributed by atoms with Gasteiger partial charge in [-0.3, -0.25) is 9.36 Å². The van der Waals surface area contributed by atoms with Crippen LogP contribution in [0.4, 0.5) is 8.78 Å². The third-order valence-electron chi connectivity index (χ3n) is 5.35. The van der Waals surface area contributed by atoms with Crippen LogP contribution in [0.1, 0.15) is 36.6 Å². The minimum atomic E-state index is -1.90.